The van der Waals surface area contributed by atoms with Gasteiger partial charge in [0.05, 0.1) is 13.2 Å². The maximum Gasteiger partial charge on any atom is 0.303 e. The van der Waals surface area contributed by atoms with Gasteiger partial charge >= 0.3 is 5.97 Å². The topological polar surface area (TPSA) is 77.8 Å². The molecule has 0 heterocycles. The smallest absolute Gasteiger partial charge is 0.303 e. The monoisotopic (exact) mass is 372 g/mol. The predicted octanol–water partition coefficient (Wildman–Crippen LogP) is 4.23. The van der Waals surface area contributed by atoms with Crippen LogP contribution >= 0.6 is 11.8 Å². The summed E-state index contributed by atoms with van der Waals surface area (Å²) in [6, 6.07) is 13.9. The highest BCUT2D eigenvalue weighted by Crippen LogP contribution is 2.27. The van der Waals surface area contributed by atoms with Gasteiger partial charge in [0.1, 0.15) is 0 Å². The van der Waals surface area contributed by atoms with Gasteiger partial charge in [-0.1, -0.05) is 36.4 Å². The van der Waals surface area contributed by atoms with E-state index >= 15 is 0 Å². The maximum absolute atomic E-state index is 10.6. The highest BCUT2D eigenvalue weighted by Gasteiger charge is 2.05. The summed E-state index contributed by atoms with van der Waals surface area (Å²) in [6.07, 6.45) is 2.63. The van der Waals surface area contributed by atoms with Crippen LogP contribution in [0.1, 0.15) is 42.0 Å². The quantitative estimate of drug-likeness (QED) is 0.574. The van der Waals surface area contributed by atoms with Gasteiger partial charge < -0.3 is 15.3 Å². The van der Waals surface area contributed by atoms with E-state index in [2.05, 4.69) is 6.07 Å². The molecule has 0 fully saturated rings. The zero-order valence-electron chi connectivity index (χ0n) is 14.8. The second-order valence-electron chi connectivity index (χ2n) is 6.06. The molecule has 0 atom stereocenters. The first-order chi connectivity index (χ1) is 12.5. The third-order valence-electron chi connectivity index (χ3n) is 4.11. The van der Waals surface area contributed by atoms with Crippen molar-refractivity contribution in [2.45, 2.75) is 43.6 Å². The number of carbonyl (C=O) groups is 1. The lowest BCUT2D eigenvalue weighted by atomic mass is 10.1. The third-order valence-corrected chi connectivity index (χ3v) is 5.18. The second kappa shape index (κ2) is 10.2. The van der Waals surface area contributed by atoms with Gasteiger partial charge in [-0.25, -0.2) is 0 Å². The van der Waals surface area contributed by atoms with Crippen LogP contribution in [0.4, 0.5) is 0 Å². The minimum Gasteiger partial charge on any atom is -0.481 e. The molecule has 0 bridgehead atoms. The number of thioether (sulfide) groups is 1. The number of carboxylic acids is 1. The molecule has 0 aromatic heterocycles. The van der Waals surface area contributed by atoms with Crippen LogP contribution in [0.5, 0.6) is 0 Å². The first-order valence-corrected chi connectivity index (χ1v) is 9.46. The lowest BCUT2D eigenvalue weighted by Gasteiger charge is -2.09. The summed E-state index contributed by atoms with van der Waals surface area (Å²) in [5.74, 6) is -0.0166. The van der Waals surface area contributed by atoms with Crippen molar-refractivity contribution in [2.75, 3.05) is 0 Å². The number of carboxylic acid groups (broad SMARTS) is 1. The van der Waals surface area contributed by atoms with E-state index in [-0.39, 0.29) is 19.6 Å². The van der Waals surface area contributed by atoms with Gasteiger partial charge in [0.2, 0.25) is 0 Å². The molecule has 0 amide bonds. The Morgan fingerprint density at radius 2 is 1.85 bits per heavy atom. The molecule has 0 aliphatic carbocycles. The molecule has 0 aliphatic heterocycles. The first kappa shape index (κ1) is 20.2. The molecule has 0 saturated heterocycles. The van der Waals surface area contributed by atoms with Crippen LogP contribution in [0.2, 0.25) is 0 Å². The SMILES string of the molecule is C/C(=C\CCC(=O)O)c1cccc(SCc2ccc(CO)c(CO)c2)c1. The molecule has 138 valence electrons. The molecule has 2 aromatic rings. The van der Waals surface area contributed by atoms with E-state index < -0.39 is 5.97 Å². The minimum absolute atomic E-state index is 0.0706. The van der Waals surface area contributed by atoms with Crippen LogP contribution in [0.15, 0.2) is 53.4 Å². The molecule has 26 heavy (non-hydrogen) atoms. The fourth-order valence-electron chi connectivity index (χ4n) is 2.60. The fraction of sp³-hybridized carbons (Fsp3) is 0.286. The summed E-state index contributed by atoms with van der Waals surface area (Å²) in [6.45, 7) is 1.84. The molecule has 0 radical (unpaired) electrons. The Morgan fingerprint density at radius 1 is 1.08 bits per heavy atom. The predicted molar refractivity (Wildman–Crippen MR) is 105 cm³/mol. The molecular formula is C21H24O4S. The van der Waals surface area contributed by atoms with Gasteiger partial charge in [-0.2, -0.15) is 0 Å². The number of aliphatic carboxylic acids is 1. The number of allylic oxidation sites excluding steroid dienone is 2. The van der Waals surface area contributed by atoms with Crippen LogP contribution in [0.25, 0.3) is 5.57 Å². The Bertz CT molecular complexity index is 783. The van der Waals surface area contributed by atoms with E-state index in [9.17, 15) is 15.0 Å². The van der Waals surface area contributed by atoms with E-state index in [0.717, 1.165) is 38.5 Å². The van der Waals surface area contributed by atoms with Crippen molar-refractivity contribution in [3.63, 3.8) is 0 Å². The molecule has 5 heteroatoms. The van der Waals surface area contributed by atoms with E-state index in [1.165, 1.54) is 0 Å². The highest BCUT2D eigenvalue weighted by molar-refractivity contribution is 7.98. The Labute approximate surface area is 158 Å². The Hall–Kier alpha value is -2.08. The molecule has 4 nitrogen and oxygen atoms in total. The van der Waals surface area contributed by atoms with Crippen molar-refractivity contribution in [1.82, 2.24) is 0 Å². The van der Waals surface area contributed by atoms with Gasteiger partial charge in [0, 0.05) is 17.1 Å². The molecular weight excluding hydrogens is 348 g/mol. The van der Waals surface area contributed by atoms with Gasteiger partial charge in [-0.15, -0.1) is 11.8 Å². The summed E-state index contributed by atoms with van der Waals surface area (Å²) in [5.41, 5.74) is 4.77. The van der Waals surface area contributed by atoms with Gasteiger partial charge in [-0.3, -0.25) is 4.79 Å². The lowest BCUT2D eigenvalue weighted by molar-refractivity contribution is -0.136. The lowest BCUT2D eigenvalue weighted by Crippen LogP contribution is -1.95. The van der Waals surface area contributed by atoms with E-state index in [0.29, 0.717) is 6.42 Å². The van der Waals surface area contributed by atoms with Crippen LogP contribution in [-0.2, 0) is 23.8 Å². The van der Waals surface area contributed by atoms with Crippen molar-refractivity contribution in [1.29, 1.82) is 0 Å². The molecule has 2 rings (SSSR count). The number of rotatable bonds is 9. The van der Waals surface area contributed by atoms with Crippen LogP contribution in [0, 0.1) is 0 Å². The Balaban J connectivity index is 2.03. The number of hydrogen-bond acceptors (Lipinski definition) is 4. The molecule has 0 aliphatic rings. The standard InChI is InChI=1S/C21H24O4S/c1-15(4-2-7-21(24)25)17-5-3-6-20(11-17)26-14-16-8-9-18(12-22)19(10-16)13-23/h3-6,8-11,22-23H,2,7,12-14H2,1H3,(H,24,25)/b15-4+. The number of aliphatic hydroxyl groups is 2. The van der Waals surface area contributed by atoms with Gasteiger partial charge in [0.25, 0.3) is 0 Å². The van der Waals surface area contributed by atoms with Crippen molar-refractivity contribution < 1.29 is 20.1 Å². The van der Waals surface area contributed by atoms with Gasteiger partial charge in [-0.05, 0) is 53.3 Å². The van der Waals surface area contributed by atoms with Crippen LogP contribution in [0.3, 0.4) is 0 Å². The summed E-state index contributed by atoms with van der Waals surface area (Å²) in [7, 11) is 0. The van der Waals surface area contributed by atoms with Crippen molar-refractivity contribution in [3.8, 4) is 0 Å². The Kier molecular flexibility index (Phi) is 7.91. The van der Waals surface area contributed by atoms with E-state index in [1.807, 2.05) is 49.4 Å². The number of aliphatic hydroxyl groups excluding tert-OH is 2. The second-order valence-corrected chi connectivity index (χ2v) is 7.10. The molecule has 2 aromatic carbocycles. The zero-order chi connectivity index (χ0) is 18.9. The van der Waals surface area contributed by atoms with Crippen molar-refractivity contribution >= 4 is 23.3 Å². The van der Waals surface area contributed by atoms with Crippen LogP contribution < -0.4 is 0 Å². The molecule has 0 unspecified atom stereocenters. The normalized spacial score (nSPS) is 11.6. The third kappa shape index (κ3) is 6.02. The summed E-state index contributed by atoms with van der Waals surface area (Å²) in [5, 5.41) is 27.4. The summed E-state index contributed by atoms with van der Waals surface area (Å²) in [4.78, 5) is 11.7. The molecule has 3 N–H and O–H groups in total. The zero-order valence-corrected chi connectivity index (χ0v) is 15.6. The average molecular weight is 372 g/mol. The highest BCUT2D eigenvalue weighted by atomic mass is 32.2. The summed E-state index contributed by atoms with van der Waals surface area (Å²) >= 11 is 1.70. The number of benzene rings is 2. The van der Waals surface area contributed by atoms with Gasteiger partial charge in [0.15, 0.2) is 0 Å². The van der Waals surface area contributed by atoms with Crippen molar-refractivity contribution in [3.05, 3.63) is 70.8 Å². The summed E-state index contributed by atoms with van der Waals surface area (Å²) < 4.78 is 0. The minimum atomic E-state index is -0.784. The van der Waals surface area contributed by atoms with E-state index in [1.54, 1.807) is 11.8 Å². The molecule has 0 spiro atoms. The van der Waals surface area contributed by atoms with Crippen molar-refractivity contribution in [2.24, 2.45) is 0 Å². The number of hydrogen-bond donors (Lipinski definition) is 3. The maximum atomic E-state index is 10.6. The van der Waals surface area contributed by atoms with E-state index in [4.69, 9.17) is 5.11 Å². The first-order valence-electron chi connectivity index (χ1n) is 8.47. The average Bonchev–Trinajstić information content (AvgIpc) is 2.65. The fourth-order valence-corrected chi connectivity index (χ4v) is 3.50. The van der Waals surface area contributed by atoms with Crippen LogP contribution in [-0.4, -0.2) is 21.3 Å². The largest absolute Gasteiger partial charge is 0.481 e. The molecule has 0 saturated carbocycles. The Morgan fingerprint density at radius 3 is 2.54 bits per heavy atom.